The Bertz CT molecular complexity index is 502. The summed E-state index contributed by atoms with van der Waals surface area (Å²) in [5.74, 6) is 0.788. The summed E-state index contributed by atoms with van der Waals surface area (Å²) in [4.78, 5) is 4.28. The molecule has 14 heavy (non-hydrogen) atoms. The van der Waals surface area contributed by atoms with Crippen molar-refractivity contribution in [3.8, 4) is 6.07 Å². The minimum absolute atomic E-state index is 0.548. The molecule has 2 rings (SSSR count). The van der Waals surface area contributed by atoms with E-state index in [4.69, 9.17) is 5.26 Å². The fourth-order valence-electron chi connectivity index (χ4n) is 1.46. The van der Waals surface area contributed by atoms with Crippen LogP contribution in [0.15, 0.2) is 30.6 Å². The Balaban J connectivity index is 2.72. The topological polar surface area (TPSA) is 41.1 Å². The molecule has 0 aliphatic heterocycles. The minimum Gasteiger partial charge on any atom is -0.302 e. The number of pyridine rings is 1. The van der Waals surface area contributed by atoms with Crippen molar-refractivity contribution in [1.82, 2.24) is 9.38 Å². The molecular formula is C11H11N3. The molecular weight excluding hydrogens is 174 g/mol. The molecule has 3 heteroatoms. The van der Waals surface area contributed by atoms with Gasteiger partial charge >= 0.3 is 0 Å². The van der Waals surface area contributed by atoms with Crippen LogP contribution in [0.2, 0.25) is 0 Å². The number of nitriles is 1. The zero-order valence-electron chi connectivity index (χ0n) is 8.23. The molecule has 70 valence electrons. The van der Waals surface area contributed by atoms with Gasteiger partial charge in [0, 0.05) is 6.20 Å². The van der Waals surface area contributed by atoms with Gasteiger partial charge in [0.15, 0.2) is 0 Å². The van der Waals surface area contributed by atoms with E-state index in [1.807, 2.05) is 42.6 Å². The highest BCUT2D eigenvalue weighted by Crippen LogP contribution is 2.21. The highest BCUT2D eigenvalue weighted by Gasteiger charge is 2.24. The Morgan fingerprint density at radius 2 is 2.21 bits per heavy atom. The Labute approximate surface area is 82.6 Å². The first-order valence-electron chi connectivity index (χ1n) is 4.49. The third-order valence-electron chi connectivity index (χ3n) is 2.28. The van der Waals surface area contributed by atoms with Crippen LogP contribution in [-0.4, -0.2) is 9.38 Å². The van der Waals surface area contributed by atoms with Crippen LogP contribution in [0.4, 0.5) is 0 Å². The molecule has 0 spiro atoms. The summed E-state index contributed by atoms with van der Waals surface area (Å²) in [5.41, 5.74) is 0.471. The Hall–Kier alpha value is -1.82. The van der Waals surface area contributed by atoms with E-state index in [0.29, 0.717) is 0 Å². The van der Waals surface area contributed by atoms with Crippen LogP contribution >= 0.6 is 0 Å². The van der Waals surface area contributed by atoms with Crippen molar-refractivity contribution < 1.29 is 0 Å². The predicted octanol–water partition coefficient (Wildman–Crippen LogP) is 2.14. The molecule has 0 saturated carbocycles. The summed E-state index contributed by atoms with van der Waals surface area (Å²) in [6, 6.07) is 8.12. The van der Waals surface area contributed by atoms with Crippen molar-refractivity contribution in [2.45, 2.75) is 19.3 Å². The molecule has 0 aliphatic rings. The third-order valence-corrected chi connectivity index (χ3v) is 2.28. The molecule has 0 unspecified atom stereocenters. The smallest absolute Gasteiger partial charge is 0.133 e. The Morgan fingerprint density at radius 1 is 1.43 bits per heavy atom. The molecule has 0 amide bonds. The molecule has 0 radical (unpaired) electrons. The van der Waals surface area contributed by atoms with Crippen LogP contribution in [0.5, 0.6) is 0 Å². The molecule has 0 fully saturated rings. The van der Waals surface area contributed by atoms with Crippen LogP contribution in [0.3, 0.4) is 0 Å². The van der Waals surface area contributed by atoms with Crippen molar-refractivity contribution in [2.24, 2.45) is 0 Å². The van der Waals surface area contributed by atoms with Crippen LogP contribution < -0.4 is 0 Å². The standard InChI is InChI=1S/C11H11N3/c1-11(2,8-12)10-13-7-9-5-3-4-6-14(9)10/h3-7H,1-2H3. The van der Waals surface area contributed by atoms with Gasteiger partial charge in [-0.1, -0.05) is 6.07 Å². The second kappa shape index (κ2) is 2.85. The number of hydrogen-bond donors (Lipinski definition) is 0. The van der Waals surface area contributed by atoms with Crippen molar-refractivity contribution in [2.75, 3.05) is 0 Å². The lowest BCUT2D eigenvalue weighted by Gasteiger charge is -2.13. The summed E-state index contributed by atoms with van der Waals surface area (Å²) >= 11 is 0. The second-order valence-corrected chi connectivity index (χ2v) is 3.81. The number of fused-ring (bicyclic) bond motifs is 1. The molecule has 0 atom stereocenters. The molecule has 2 aromatic heterocycles. The van der Waals surface area contributed by atoms with E-state index < -0.39 is 5.41 Å². The third kappa shape index (κ3) is 1.16. The number of imidazole rings is 1. The average Bonchev–Trinajstić information content (AvgIpc) is 2.61. The lowest BCUT2D eigenvalue weighted by molar-refractivity contribution is 0.626. The maximum Gasteiger partial charge on any atom is 0.133 e. The number of aromatic nitrogens is 2. The van der Waals surface area contributed by atoms with Gasteiger partial charge in [-0.25, -0.2) is 4.98 Å². The van der Waals surface area contributed by atoms with E-state index in [9.17, 15) is 0 Å². The SMILES string of the molecule is CC(C)(C#N)c1ncc2ccccn12. The van der Waals surface area contributed by atoms with Crippen LogP contribution in [0.25, 0.3) is 5.52 Å². The van der Waals surface area contributed by atoms with E-state index in [2.05, 4.69) is 11.1 Å². The molecule has 2 aromatic rings. The molecule has 0 saturated heterocycles. The van der Waals surface area contributed by atoms with E-state index in [0.717, 1.165) is 11.3 Å². The number of hydrogen-bond acceptors (Lipinski definition) is 2. The first kappa shape index (κ1) is 8.76. The molecule has 0 aromatic carbocycles. The Morgan fingerprint density at radius 3 is 2.93 bits per heavy atom. The van der Waals surface area contributed by atoms with E-state index >= 15 is 0 Å². The van der Waals surface area contributed by atoms with E-state index in [-0.39, 0.29) is 0 Å². The molecule has 2 heterocycles. The van der Waals surface area contributed by atoms with E-state index in [1.54, 1.807) is 6.20 Å². The minimum atomic E-state index is -0.548. The summed E-state index contributed by atoms with van der Waals surface area (Å²) < 4.78 is 1.95. The van der Waals surface area contributed by atoms with Gasteiger partial charge in [0.05, 0.1) is 17.8 Å². The first-order chi connectivity index (χ1) is 6.65. The van der Waals surface area contributed by atoms with Gasteiger partial charge in [-0.3, -0.25) is 0 Å². The van der Waals surface area contributed by atoms with Gasteiger partial charge < -0.3 is 4.40 Å². The second-order valence-electron chi connectivity index (χ2n) is 3.81. The van der Waals surface area contributed by atoms with Crippen LogP contribution in [0.1, 0.15) is 19.7 Å². The molecule has 3 nitrogen and oxygen atoms in total. The summed E-state index contributed by atoms with van der Waals surface area (Å²) in [7, 11) is 0. The highest BCUT2D eigenvalue weighted by molar-refractivity contribution is 5.47. The quantitative estimate of drug-likeness (QED) is 0.683. The maximum atomic E-state index is 9.02. The van der Waals surface area contributed by atoms with Crippen LogP contribution in [0, 0.1) is 11.3 Å². The van der Waals surface area contributed by atoms with Gasteiger partial charge in [-0.15, -0.1) is 0 Å². The summed E-state index contributed by atoms with van der Waals surface area (Å²) in [6.07, 6.45) is 3.71. The van der Waals surface area contributed by atoms with Gasteiger partial charge in [0.25, 0.3) is 0 Å². The molecule has 0 aliphatic carbocycles. The number of rotatable bonds is 1. The lowest BCUT2D eigenvalue weighted by atomic mass is 9.95. The van der Waals surface area contributed by atoms with Crippen molar-refractivity contribution in [1.29, 1.82) is 5.26 Å². The highest BCUT2D eigenvalue weighted by atomic mass is 15.0. The fourth-order valence-corrected chi connectivity index (χ4v) is 1.46. The van der Waals surface area contributed by atoms with Gasteiger partial charge in [-0.05, 0) is 26.0 Å². The van der Waals surface area contributed by atoms with Gasteiger partial charge in [0.2, 0.25) is 0 Å². The summed E-state index contributed by atoms with van der Waals surface area (Å²) in [6.45, 7) is 3.74. The van der Waals surface area contributed by atoms with Crippen molar-refractivity contribution in [3.63, 3.8) is 0 Å². The Kier molecular flexibility index (Phi) is 1.78. The van der Waals surface area contributed by atoms with Crippen LogP contribution in [-0.2, 0) is 5.41 Å². The fraction of sp³-hybridized carbons (Fsp3) is 0.273. The monoisotopic (exact) mass is 185 g/mol. The normalized spacial score (nSPS) is 11.5. The van der Waals surface area contributed by atoms with Gasteiger partial charge in [0.1, 0.15) is 11.2 Å². The van der Waals surface area contributed by atoms with Crippen molar-refractivity contribution >= 4 is 5.52 Å². The number of nitrogens with zero attached hydrogens (tertiary/aromatic N) is 3. The summed E-state index contributed by atoms with van der Waals surface area (Å²) in [5, 5.41) is 9.02. The average molecular weight is 185 g/mol. The zero-order valence-corrected chi connectivity index (χ0v) is 8.23. The molecule has 0 bridgehead atoms. The maximum absolute atomic E-state index is 9.02. The largest absolute Gasteiger partial charge is 0.302 e. The van der Waals surface area contributed by atoms with Crippen molar-refractivity contribution in [3.05, 3.63) is 36.4 Å². The molecule has 0 N–H and O–H groups in total. The van der Waals surface area contributed by atoms with E-state index in [1.165, 1.54) is 0 Å². The first-order valence-corrected chi connectivity index (χ1v) is 4.49. The lowest BCUT2D eigenvalue weighted by Crippen LogP contribution is -2.17. The predicted molar refractivity (Wildman–Crippen MR) is 53.8 cm³/mol. The zero-order chi connectivity index (χ0) is 10.2. The van der Waals surface area contributed by atoms with Gasteiger partial charge in [-0.2, -0.15) is 5.26 Å².